The molecule has 2 aliphatic rings. The van der Waals surface area contributed by atoms with Crippen LogP contribution >= 0.6 is 12.4 Å². The van der Waals surface area contributed by atoms with Gasteiger partial charge in [-0.1, -0.05) is 12.8 Å². The molecule has 1 aliphatic carbocycles. The van der Waals surface area contributed by atoms with Crippen LogP contribution in [0.15, 0.2) is 23.1 Å². The van der Waals surface area contributed by atoms with Crippen LogP contribution in [-0.4, -0.2) is 45.4 Å². The van der Waals surface area contributed by atoms with Gasteiger partial charge < -0.3 is 20.5 Å². The number of fused-ring (bicyclic) bond motifs is 1. The van der Waals surface area contributed by atoms with Crippen LogP contribution in [0.1, 0.15) is 38.5 Å². The number of amides is 1. The largest absolute Gasteiger partial charge is 0.490 e. The first-order valence-corrected chi connectivity index (χ1v) is 10.7. The van der Waals surface area contributed by atoms with Crippen LogP contribution < -0.4 is 20.5 Å². The molecule has 7 nitrogen and oxygen atoms in total. The molecule has 0 atom stereocenters. The van der Waals surface area contributed by atoms with Gasteiger partial charge in [0, 0.05) is 25.5 Å². The highest BCUT2D eigenvalue weighted by atomic mass is 35.5. The predicted molar refractivity (Wildman–Crippen MR) is 104 cm³/mol. The second-order valence-electron chi connectivity index (χ2n) is 6.97. The predicted octanol–water partition coefficient (Wildman–Crippen LogP) is 1.82. The molecule has 1 aromatic carbocycles. The van der Waals surface area contributed by atoms with Gasteiger partial charge in [0.05, 0.1) is 29.4 Å². The lowest BCUT2D eigenvalue weighted by Gasteiger charge is -2.28. The Kier molecular flexibility index (Phi) is 7.36. The second-order valence-corrected chi connectivity index (χ2v) is 9.08. The highest BCUT2D eigenvalue weighted by molar-refractivity contribution is 7.91. The lowest BCUT2D eigenvalue weighted by molar-refractivity contribution is -0.122. The third-order valence-corrected chi connectivity index (χ3v) is 6.75. The van der Waals surface area contributed by atoms with E-state index in [0.29, 0.717) is 31.3 Å². The zero-order chi connectivity index (χ0) is 18.6. The highest BCUT2D eigenvalue weighted by Gasteiger charge is 2.34. The molecule has 0 radical (unpaired) electrons. The molecule has 1 amide bonds. The monoisotopic (exact) mass is 418 g/mol. The number of rotatable bonds is 6. The van der Waals surface area contributed by atoms with E-state index in [4.69, 9.17) is 15.2 Å². The Morgan fingerprint density at radius 1 is 1.11 bits per heavy atom. The Morgan fingerprint density at radius 3 is 2.44 bits per heavy atom. The molecular formula is C18H27ClN2O5S. The van der Waals surface area contributed by atoms with E-state index in [9.17, 15) is 13.2 Å². The number of hydrogen-bond acceptors (Lipinski definition) is 6. The van der Waals surface area contributed by atoms with Crippen molar-refractivity contribution in [1.29, 1.82) is 0 Å². The van der Waals surface area contributed by atoms with Crippen molar-refractivity contribution in [3.05, 3.63) is 18.2 Å². The number of carbonyl (C=O) groups is 1. The topological polar surface area (TPSA) is 108 Å². The first kappa shape index (κ1) is 21.8. The molecule has 9 heteroatoms. The van der Waals surface area contributed by atoms with E-state index in [2.05, 4.69) is 5.32 Å². The second kappa shape index (κ2) is 9.12. The van der Waals surface area contributed by atoms with Crippen molar-refractivity contribution < 1.29 is 22.7 Å². The van der Waals surface area contributed by atoms with Gasteiger partial charge in [-0.2, -0.15) is 0 Å². The molecule has 0 unspecified atom stereocenters. The fraction of sp³-hybridized carbons (Fsp3) is 0.611. The van der Waals surface area contributed by atoms with Gasteiger partial charge >= 0.3 is 0 Å². The molecule has 0 spiro atoms. The van der Waals surface area contributed by atoms with E-state index in [-0.39, 0.29) is 40.9 Å². The van der Waals surface area contributed by atoms with E-state index in [0.717, 1.165) is 32.1 Å². The summed E-state index contributed by atoms with van der Waals surface area (Å²) < 4.78 is 36.2. The fourth-order valence-electron chi connectivity index (χ4n) is 3.47. The van der Waals surface area contributed by atoms with Crippen LogP contribution in [0.3, 0.4) is 0 Å². The summed E-state index contributed by atoms with van der Waals surface area (Å²) in [4.78, 5) is 12.4. The molecule has 0 bridgehead atoms. The minimum absolute atomic E-state index is 0. The normalized spacial score (nSPS) is 18.3. The van der Waals surface area contributed by atoms with Crippen molar-refractivity contribution >= 4 is 28.2 Å². The Hall–Kier alpha value is -1.51. The van der Waals surface area contributed by atoms with Gasteiger partial charge in [-0.25, -0.2) is 8.42 Å². The van der Waals surface area contributed by atoms with Gasteiger partial charge in [-0.05, 0) is 25.0 Å². The molecule has 1 aliphatic heterocycles. The number of nitrogens with two attached hydrogens (primary N) is 1. The van der Waals surface area contributed by atoms with Crippen LogP contribution in [0.2, 0.25) is 0 Å². The van der Waals surface area contributed by atoms with Crippen molar-refractivity contribution in [2.45, 2.75) is 49.0 Å². The number of hydrogen-bond donors (Lipinski definition) is 2. The van der Waals surface area contributed by atoms with Gasteiger partial charge in [0.2, 0.25) is 5.91 Å². The van der Waals surface area contributed by atoms with Gasteiger partial charge in [0.25, 0.3) is 0 Å². The first-order valence-electron chi connectivity index (χ1n) is 9.08. The molecule has 1 aromatic rings. The summed E-state index contributed by atoms with van der Waals surface area (Å²) in [6, 6.07) is 4.58. The standard InChI is InChI=1S/C18H26N2O5S.ClH/c19-13-18(7-1-2-8-18)20-17(21)6-11-26(22,23)14-4-5-15-16(12-14)25-10-3-9-24-15;/h4-5,12H,1-3,6-11,13,19H2,(H,20,21);1H. The summed E-state index contributed by atoms with van der Waals surface area (Å²) in [7, 11) is -3.59. The maximum absolute atomic E-state index is 12.6. The molecule has 0 aromatic heterocycles. The highest BCUT2D eigenvalue weighted by Crippen LogP contribution is 2.32. The van der Waals surface area contributed by atoms with E-state index in [1.807, 2.05) is 0 Å². The number of benzene rings is 1. The Labute approximate surface area is 166 Å². The lowest BCUT2D eigenvalue weighted by atomic mass is 9.98. The summed E-state index contributed by atoms with van der Waals surface area (Å²) in [5.41, 5.74) is 5.44. The van der Waals surface area contributed by atoms with Crippen LogP contribution in [0.4, 0.5) is 0 Å². The summed E-state index contributed by atoms with van der Waals surface area (Å²) in [6.07, 6.45) is 4.44. The molecule has 0 saturated heterocycles. The molecule has 3 N–H and O–H groups in total. The van der Waals surface area contributed by atoms with E-state index >= 15 is 0 Å². The van der Waals surface area contributed by atoms with Gasteiger partial charge in [0.1, 0.15) is 0 Å². The smallest absolute Gasteiger partial charge is 0.221 e. The van der Waals surface area contributed by atoms with Crippen LogP contribution in [0.5, 0.6) is 11.5 Å². The SMILES string of the molecule is Cl.NCC1(NC(=O)CCS(=O)(=O)c2ccc3c(c2)OCCCO3)CCCC1. The fourth-order valence-corrected chi connectivity index (χ4v) is 4.72. The van der Waals surface area contributed by atoms with Gasteiger partial charge in [-0.3, -0.25) is 4.79 Å². The summed E-state index contributed by atoms with van der Waals surface area (Å²) in [6.45, 7) is 1.41. The van der Waals surface area contributed by atoms with Gasteiger partial charge in [0.15, 0.2) is 21.3 Å². The quantitative estimate of drug-likeness (QED) is 0.729. The van der Waals surface area contributed by atoms with Crippen LogP contribution in [0, 0.1) is 0 Å². The Bertz CT molecular complexity index is 763. The number of carbonyl (C=O) groups excluding carboxylic acids is 1. The van der Waals surface area contributed by atoms with E-state index < -0.39 is 9.84 Å². The molecule has 3 rings (SSSR count). The van der Waals surface area contributed by atoms with E-state index in [1.165, 1.54) is 12.1 Å². The first-order chi connectivity index (χ1) is 12.4. The van der Waals surface area contributed by atoms with Crippen LogP contribution in [-0.2, 0) is 14.6 Å². The number of halogens is 1. The summed E-state index contributed by atoms with van der Waals surface area (Å²) >= 11 is 0. The summed E-state index contributed by atoms with van der Waals surface area (Å²) in [5.74, 6) is 0.459. The molecular weight excluding hydrogens is 392 g/mol. The van der Waals surface area contributed by atoms with Crippen molar-refractivity contribution in [3.8, 4) is 11.5 Å². The molecule has 1 heterocycles. The van der Waals surface area contributed by atoms with Crippen molar-refractivity contribution in [1.82, 2.24) is 5.32 Å². The zero-order valence-electron chi connectivity index (χ0n) is 15.2. The third kappa shape index (κ3) is 5.27. The number of sulfone groups is 1. The third-order valence-electron chi connectivity index (χ3n) is 5.03. The van der Waals surface area contributed by atoms with Crippen molar-refractivity contribution in [2.75, 3.05) is 25.5 Å². The molecule has 27 heavy (non-hydrogen) atoms. The van der Waals surface area contributed by atoms with Crippen molar-refractivity contribution in [3.63, 3.8) is 0 Å². The van der Waals surface area contributed by atoms with Crippen LogP contribution in [0.25, 0.3) is 0 Å². The maximum atomic E-state index is 12.6. The number of nitrogens with one attached hydrogen (secondary N) is 1. The number of ether oxygens (including phenoxy) is 2. The Morgan fingerprint density at radius 2 is 1.78 bits per heavy atom. The zero-order valence-corrected chi connectivity index (χ0v) is 16.9. The average Bonchev–Trinajstić information content (AvgIpc) is 2.96. The molecule has 1 saturated carbocycles. The molecule has 152 valence electrons. The minimum atomic E-state index is -3.59. The van der Waals surface area contributed by atoms with Gasteiger partial charge in [-0.15, -0.1) is 12.4 Å². The van der Waals surface area contributed by atoms with Crippen molar-refractivity contribution in [2.24, 2.45) is 5.73 Å². The lowest BCUT2D eigenvalue weighted by Crippen LogP contribution is -2.51. The minimum Gasteiger partial charge on any atom is -0.490 e. The Balaban J connectivity index is 0.00000261. The summed E-state index contributed by atoms with van der Waals surface area (Å²) in [5, 5.41) is 2.95. The average molecular weight is 419 g/mol. The van der Waals surface area contributed by atoms with E-state index in [1.54, 1.807) is 6.07 Å². The maximum Gasteiger partial charge on any atom is 0.221 e. The molecule has 1 fully saturated rings.